The highest BCUT2D eigenvalue weighted by atomic mass is 19.4. The number of rotatable bonds is 4. The second kappa shape index (κ2) is 12.4. The highest BCUT2D eigenvalue weighted by Gasteiger charge is 2.37. The predicted molar refractivity (Wildman–Crippen MR) is 158 cm³/mol. The third-order valence-electron chi connectivity index (χ3n) is 6.41. The summed E-state index contributed by atoms with van der Waals surface area (Å²) in [6, 6.07) is 2.38. The van der Waals surface area contributed by atoms with Crippen molar-refractivity contribution in [3.8, 4) is 11.3 Å². The number of aromatic nitrogens is 4. The third kappa shape index (κ3) is 8.30. The van der Waals surface area contributed by atoms with Crippen molar-refractivity contribution in [2.24, 2.45) is 0 Å². The molecule has 1 aliphatic rings. The van der Waals surface area contributed by atoms with Crippen LogP contribution >= 0.6 is 0 Å². The van der Waals surface area contributed by atoms with Crippen LogP contribution < -0.4 is 10.6 Å². The Kier molecular flexibility index (Phi) is 9.17. The molecule has 2 amide bonds. The van der Waals surface area contributed by atoms with Crippen molar-refractivity contribution in [3.63, 3.8) is 0 Å². The average molecular weight is 636 g/mol. The summed E-state index contributed by atoms with van der Waals surface area (Å²) in [7, 11) is 1.15. The SMILES string of the molecule is COC(=O)Nc1ccc2c(-c3nc(NC4CCCN(C(=O)OC(C)(C)C)C4)ncc3C(F)(F)F)cn(C(=O)OC(C)(C)C)c2n1. The zero-order valence-electron chi connectivity index (χ0n) is 26.0. The van der Waals surface area contributed by atoms with E-state index in [0.29, 0.717) is 25.6 Å². The number of piperidine rings is 1. The van der Waals surface area contributed by atoms with E-state index < -0.39 is 46.9 Å². The van der Waals surface area contributed by atoms with Crippen molar-refractivity contribution in [1.29, 1.82) is 0 Å². The van der Waals surface area contributed by atoms with Gasteiger partial charge in [-0.05, 0) is 66.5 Å². The predicted octanol–water partition coefficient (Wildman–Crippen LogP) is 6.29. The minimum atomic E-state index is -4.85. The van der Waals surface area contributed by atoms with Crippen molar-refractivity contribution in [2.45, 2.75) is 77.8 Å². The van der Waals surface area contributed by atoms with Gasteiger partial charge in [-0.15, -0.1) is 0 Å². The molecule has 0 aliphatic carbocycles. The first-order valence-corrected chi connectivity index (χ1v) is 14.1. The number of nitrogens with zero attached hydrogens (tertiary/aromatic N) is 5. The number of alkyl halides is 3. The molecule has 3 aromatic rings. The molecule has 16 heteroatoms. The van der Waals surface area contributed by atoms with Gasteiger partial charge in [0.15, 0.2) is 5.65 Å². The zero-order valence-corrected chi connectivity index (χ0v) is 26.0. The Labute approximate surface area is 257 Å². The number of hydrogen-bond donors (Lipinski definition) is 2. The molecule has 1 unspecified atom stereocenters. The maximum absolute atomic E-state index is 14.3. The molecule has 13 nitrogen and oxygen atoms in total. The number of methoxy groups -OCH3 is 1. The van der Waals surface area contributed by atoms with Gasteiger partial charge in [0.25, 0.3) is 0 Å². The first-order chi connectivity index (χ1) is 20.8. The van der Waals surface area contributed by atoms with Crippen molar-refractivity contribution in [2.75, 3.05) is 30.8 Å². The van der Waals surface area contributed by atoms with Crippen LogP contribution in [-0.2, 0) is 20.4 Å². The van der Waals surface area contributed by atoms with E-state index in [4.69, 9.17) is 9.47 Å². The van der Waals surface area contributed by atoms with E-state index in [1.165, 1.54) is 17.0 Å². The molecular formula is C29H36F3N7O6. The van der Waals surface area contributed by atoms with Crippen LogP contribution in [-0.4, -0.2) is 80.1 Å². The molecule has 1 atom stereocenters. The molecule has 0 radical (unpaired) electrons. The average Bonchev–Trinajstić information content (AvgIpc) is 3.29. The van der Waals surface area contributed by atoms with Gasteiger partial charge >= 0.3 is 24.5 Å². The molecule has 0 bridgehead atoms. The fourth-order valence-corrected chi connectivity index (χ4v) is 4.60. The number of fused-ring (bicyclic) bond motifs is 1. The fraction of sp³-hybridized carbons (Fsp3) is 0.517. The molecule has 1 fully saturated rings. The number of ether oxygens (including phenoxy) is 3. The Morgan fingerprint density at radius 3 is 2.27 bits per heavy atom. The largest absolute Gasteiger partial charge is 0.453 e. The molecule has 0 saturated carbocycles. The van der Waals surface area contributed by atoms with Gasteiger partial charge in [0, 0.05) is 42.5 Å². The van der Waals surface area contributed by atoms with E-state index in [1.54, 1.807) is 41.5 Å². The van der Waals surface area contributed by atoms with Crippen LogP contribution in [0.5, 0.6) is 0 Å². The highest BCUT2D eigenvalue weighted by molar-refractivity contribution is 6.00. The molecule has 1 saturated heterocycles. The number of carbonyl (C=O) groups excluding carboxylic acids is 3. The topological polar surface area (TPSA) is 150 Å². The van der Waals surface area contributed by atoms with E-state index >= 15 is 0 Å². The molecule has 4 heterocycles. The molecule has 1 aliphatic heterocycles. The minimum absolute atomic E-state index is 0.0169. The summed E-state index contributed by atoms with van der Waals surface area (Å²) in [4.78, 5) is 51.6. The Balaban J connectivity index is 1.77. The van der Waals surface area contributed by atoms with Crippen LogP contribution in [0.2, 0.25) is 0 Å². The van der Waals surface area contributed by atoms with Crippen LogP contribution in [0.1, 0.15) is 59.9 Å². The summed E-state index contributed by atoms with van der Waals surface area (Å²) in [6.07, 6.45) is -4.05. The van der Waals surface area contributed by atoms with E-state index in [1.807, 2.05) is 0 Å². The van der Waals surface area contributed by atoms with E-state index in [9.17, 15) is 27.6 Å². The molecule has 0 aromatic carbocycles. The number of halogens is 3. The van der Waals surface area contributed by atoms with Crippen LogP contribution in [0.25, 0.3) is 22.3 Å². The fourth-order valence-electron chi connectivity index (χ4n) is 4.60. The van der Waals surface area contributed by atoms with Gasteiger partial charge in [-0.3, -0.25) is 5.32 Å². The number of likely N-dealkylation sites (tertiary alicyclic amines) is 1. The lowest BCUT2D eigenvalue weighted by Crippen LogP contribution is -2.47. The summed E-state index contributed by atoms with van der Waals surface area (Å²) in [5.41, 5.74) is -3.45. The first-order valence-electron chi connectivity index (χ1n) is 14.1. The number of anilines is 2. The second-order valence-electron chi connectivity index (χ2n) is 12.4. The van der Waals surface area contributed by atoms with Crippen molar-refractivity contribution < 1.29 is 41.8 Å². The van der Waals surface area contributed by atoms with Gasteiger partial charge in [-0.1, -0.05) is 0 Å². The summed E-state index contributed by atoms with van der Waals surface area (Å²) in [5.74, 6) is -0.124. The highest BCUT2D eigenvalue weighted by Crippen LogP contribution is 2.39. The first kappa shape index (κ1) is 33.3. The zero-order chi connectivity index (χ0) is 33.3. The lowest BCUT2D eigenvalue weighted by Gasteiger charge is -2.34. The maximum Gasteiger partial charge on any atom is 0.420 e. The van der Waals surface area contributed by atoms with Crippen molar-refractivity contribution in [3.05, 3.63) is 30.1 Å². The summed E-state index contributed by atoms with van der Waals surface area (Å²) >= 11 is 0. The summed E-state index contributed by atoms with van der Waals surface area (Å²) in [6.45, 7) is 10.9. The molecule has 45 heavy (non-hydrogen) atoms. The number of hydrogen-bond acceptors (Lipinski definition) is 10. The Morgan fingerprint density at radius 2 is 1.64 bits per heavy atom. The summed E-state index contributed by atoms with van der Waals surface area (Å²) in [5, 5.41) is 5.54. The molecule has 3 aromatic heterocycles. The molecular weight excluding hydrogens is 599 g/mol. The lowest BCUT2D eigenvalue weighted by molar-refractivity contribution is -0.137. The van der Waals surface area contributed by atoms with Crippen molar-refractivity contribution in [1.82, 2.24) is 24.4 Å². The van der Waals surface area contributed by atoms with Gasteiger partial charge < -0.3 is 24.4 Å². The molecule has 244 valence electrons. The minimum Gasteiger partial charge on any atom is -0.453 e. The van der Waals surface area contributed by atoms with Crippen LogP contribution in [0, 0.1) is 0 Å². The maximum atomic E-state index is 14.3. The number of amides is 2. The van der Waals surface area contributed by atoms with Gasteiger partial charge in [-0.2, -0.15) is 13.2 Å². The Bertz CT molecular complexity index is 1590. The monoisotopic (exact) mass is 635 g/mol. The smallest absolute Gasteiger partial charge is 0.420 e. The number of nitrogens with one attached hydrogen (secondary N) is 2. The Hall–Kier alpha value is -4.63. The van der Waals surface area contributed by atoms with Gasteiger partial charge in [0.05, 0.1) is 12.8 Å². The van der Waals surface area contributed by atoms with Gasteiger partial charge in [-0.25, -0.2) is 33.9 Å². The van der Waals surface area contributed by atoms with Crippen LogP contribution in [0.3, 0.4) is 0 Å². The molecule has 4 rings (SSSR count). The summed E-state index contributed by atoms with van der Waals surface area (Å²) < 4.78 is 59.4. The third-order valence-corrected chi connectivity index (χ3v) is 6.41. The van der Waals surface area contributed by atoms with Crippen molar-refractivity contribution >= 4 is 41.1 Å². The molecule has 2 N–H and O–H groups in total. The van der Waals surface area contributed by atoms with Crippen LogP contribution in [0.4, 0.5) is 39.3 Å². The number of carbonyl (C=O) groups is 3. The normalized spacial score (nSPS) is 15.9. The molecule has 0 spiro atoms. The van der Waals surface area contributed by atoms with E-state index in [0.717, 1.165) is 17.9 Å². The lowest BCUT2D eigenvalue weighted by atomic mass is 10.1. The van der Waals surface area contributed by atoms with E-state index in [-0.39, 0.29) is 40.9 Å². The Morgan fingerprint density at radius 1 is 0.978 bits per heavy atom. The number of pyridine rings is 1. The van der Waals surface area contributed by atoms with E-state index in [2.05, 4.69) is 30.3 Å². The second-order valence-corrected chi connectivity index (χ2v) is 12.4. The van der Waals surface area contributed by atoms with Gasteiger partial charge in [0.2, 0.25) is 5.95 Å². The van der Waals surface area contributed by atoms with Crippen LogP contribution in [0.15, 0.2) is 24.5 Å². The quantitative estimate of drug-likeness (QED) is 0.313. The standard InChI is InChI=1S/C29H36F3N7O6/c1-27(2,3)44-25(41)38-12-8-9-16(14-38)34-23-33-13-19(29(30,31)32)21(37-23)18-15-39(26(42)45-28(4,5)6)22-17(18)10-11-20(35-22)36-24(40)43-7/h10-11,13,15-16H,8-9,12,14H2,1-7H3,(H,33,34,37)(H,35,36,40). The van der Waals surface area contributed by atoms with Gasteiger partial charge in [0.1, 0.15) is 22.6 Å².